The smallest absolute Gasteiger partial charge is 0.115 e. The Kier molecular flexibility index (Phi) is 2.11. The van der Waals surface area contributed by atoms with Gasteiger partial charge in [0, 0.05) is 11.8 Å². The van der Waals surface area contributed by atoms with E-state index in [1.54, 1.807) is 18.2 Å². The molecule has 0 spiro atoms. The number of nitrogens with two attached hydrogens (primary N) is 1. The first-order valence-electron chi connectivity index (χ1n) is 4.32. The number of phenols is 1. The van der Waals surface area contributed by atoms with Crippen molar-refractivity contribution in [2.45, 2.75) is 0 Å². The Hall–Kier alpha value is -1.96. The second-order valence-electron chi connectivity index (χ2n) is 3.08. The number of phenolic OH excluding ortho intramolecular Hbond substituents is 1. The van der Waals surface area contributed by atoms with Crippen LogP contribution in [0, 0.1) is 6.07 Å². The van der Waals surface area contributed by atoms with E-state index in [2.05, 4.69) is 6.07 Å². The molecule has 0 bridgehead atoms. The highest BCUT2D eigenvalue weighted by Gasteiger charge is 1.97. The lowest BCUT2D eigenvalue weighted by Gasteiger charge is -2.02. The van der Waals surface area contributed by atoms with Crippen molar-refractivity contribution >= 4 is 5.69 Å². The molecular formula is C12H10NO. The van der Waals surface area contributed by atoms with Gasteiger partial charge in [0.05, 0.1) is 0 Å². The van der Waals surface area contributed by atoms with Crippen LogP contribution in [0.2, 0.25) is 0 Å². The van der Waals surface area contributed by atoms with Gasteiger partial charge in [0.1, 0.15) is 5.75 Å². The van der Waals surface area contributed by atoms with Crippen LogP contribution in [0.4, 0.5) is 5.69 Å². The van der Waals surface area contributed by atoms with E-state index in [4.69, 9.17) is 10.8 Å². The van der Waals surface area contributed by atoms with E-state index in [9.17, 15) is 0 Å². The van der Waals surface area contributed by atoms with Crippen LogP contribution in [0.25, 0.3) is 11.1 Å². The standard InChI is InChI=1S/C12H10NO/c13-11-3-1-2-10(8-11)9-4-6-12(14)7-5-9/h1-2,4-8,14H,13H2. The van der Waals surface area contributed by atoms with Gasteiger partial charge in [0.25, 0.3) is 0 Å². The van der Waals surface area contributed by atoms with Gasteiger partial charge in [-0.3, -0.25) is 0 Å². The van der Waals surface area contributed by atoms with E-state index < -0.39 is 0 Å². The highest BCUT2D eigenvalue weighted by molar-refractivity contribution is 5.67. The molecule has 0 heterocycles. The van der Waals surface area contributed by atoms with Crippen LogP contribution in [0.15, 0.2) is 42.5 Å². The quantitative estimate of drug-likeness (QED) is 0.668. The molecule has 14 heavy (non-hydrogen) atoms. The monoisotopic (exact) mass is 184 g/mol. The highest BCUT2D eigenvalue weighted by Crippen LogP contribution is 2.22. The molecule has 0 aliphatic carbocycles. The van der Waals surface area contributed by atoms with Crippen LogP contribution in [0.5, 0.6) is 5.75 Å². The van der Waals surface area contributed by atoms with Crippen molar-refractivity contribution in [2.24, 2.45) is 0 Å². The minimum absolute atomic E-state index is 0.268. The molecule has 0 fully saturated rings. The third kappa shape index (κ3) is 1.69. The Morgan fingerprint density at radius 3 is 2.36 bits per heavy atom. The molecule has 69 valence electrons. The zero-order valence-corrected chi connectivity index (χ0v) is 7.57. The Balaban J connectivity index is 2.44. The van der Waals surface area contributed by atoms with Crippen LogP contribution < -0.4 is 5.73 Å². The molecule has 0 atom stereocenters. The number of aromatic hydroxyl groups is 1. The maximum absolute atomic E-state index is 9.13. The van der Waals surface area contributed by atoms with E-state index in [-0.39, 0.29) is 5.75 Å². The van der Waals surface area contributed by atoms with Gasteiger partial charge in [0.15, 0.2) is 0 Å². The predicted octanol–water partition coefficient (Wildman–Crippen LogP) is 2.44. The summed E-state index contributed by atoms with van der Waals surface area (Å²) in [5.41, 5.74) is 8.30. The topological polar surface area (TPSA) is 46.2 Å². The number of anilines is 1. The van der Waals surface area contributed by atoms with E-state index in [0.29, 0.717) is 5.69 Å². The van der Waals surface area contributed by atoms with Crippen LogP contribution in [-0.2, 0) is 0 Å². The van der Waals surface area contributed by atoms with E-state index in [0.717, 1.165) is 11.1 Å². The molecule has 2 aromatic carbocycles. The maximum atomic E-state index is 9.13. The predicted molar refractivity (Wildman–Crippen MR) is 56.8 cm³/mol. The van der Waals surface area contributed by atoms with E-state index in [1.165, 1.54) is 0 Å². The average molecular weight is 184 g/mol. The van der Waals surface area contributed by atoms with Gasteiger partial charge < -0.3 is 10.8 Å². The van der Waals surface area contributed by atoms with Crippen LogP contribution >= 0.6 is 0 Å². The summed E-state index contributed by atoms with van der Waals surface area (Å²) in [5, 5.41) is 9.13. The second-order valence-corrected chi connectivity index (χ2v) is 3.08. The number of hydrogen-bond donors (Lipinski definition) is 2. The highest BCUT2D eigenvalue weighted by atomic mass is 16.3. The fourth-order valence-corrected chi connectivity index (χ4v) is 1.32. The SMILES string of the molecule is Nc1[c]ccc(-c2ccc(O)cc2)c1. The first-order valence-corrected chi connectivity index (χ1v) is 4.32. The number of benzene rings is 2. The summed E-state index contributed by atoms with van der Waals surface area (Å²) in [7, 11) is 0. The molecule has 3 N–H and O–H groups in total. The Morgan fingerprint density at radius 2 is 1.71 bits per heavy atom. The Bertz CT molecular complexity index is 434. The fraction of sp³-hybridized carbons (Fsp3) is 0. The van der Waals surface area contributed by atoms with Crippen molar-refractivity contribution in [3.63, 3.8) is 0 Å². The summed E-state index contributed by atoms with van der Waals surface area (Å²) in [4.78, 5) is 0. The first kappa shape index (κ1) is 8.63. The van der Waals surface area contributed by atoms with E-state index >= 15 is 0 Å². The van der Waals surface area contributed by atoms with Gasteiger partial charge in [0.2, 0.25) is 0 Å². The summed E-state index contributed by atoms with van der Waals surface area (Å²) in [6.07, 6.45) is 0. The van der Waals surface area contributed by atoms with Crippen LogP contribution in [-0.4, -0.2) is 5.11 Å². The molecule has 2 rings (SSSR count). The summed E-state index contributed by atoms with van der Waals surface area (Å²) >= 11 is 0. The minimum Gasteiger partial charge on any atom is -0.508 e. The third-order valence-corrected chi connectivity index (χ3v) is 2.02. The van der Waals surface area contributed by atoms with Crippen molar-refractivity contribution in [2.75, 3.05) is 5.73 Å². The van der Waals surface area contributed by atoms with Crippen molar-refractivity contribution in [3.8, 4) is 16.9 Å². The largest absolute Gasteiger partial charge is 0.508 e. The fourth-order valence-electron chi connectivity index (χ4n) is 1.32. The average Bonchev–Trinajstić information content (AvgIpc) is 2.19. The van der Waals surface area contributed by atoms with Gasteiger partial charge in [-0.15, -0.1) is 0 Å². The van der Waals surface area contributed by atoms with Crippen molar-refractivity contribution in [1.82, 2.24) is 0 Å². The van der Waals surface area contributed by atoms with Gasteiger partial charge >= 0.3 is 0 Å². The summed E-state index contributed by atoms with van der Waals surface area (Å²) in [5.74, 6) is 0.268. The van der Waals surface area contributed by atoms with Gasteiger partial charge in [-0.25, -0.2) is 0 Å². The molecule has 0 unspecified atom stereocenters. The number of hydrogen-bond acceptors (Lipinski definition) is 2. The molecule has 0 amide bonds. The molecular weight excluding hydrogens is 174 g/mol. The summed E-state index contributed by atoms with van der Waals surface area (Å²) in [6, 6.07) is 15.5. The van der Waals surface area contributed by atoms with Crippen molar-refractivity contribution in [1.29, 1.82) is 0 Å². The third-order valence-electron chi connectivity index (χ3n) is 2.02. The molecule has 0 aromatic heterocycles. The maximum Gasteiger partial charge on any atom is 0.115 e. The molecule has 0 saturated carbocycles. The number of nitrogen functional groups attached to an aromatic ring is 1. The molecule has 0 aliphatic heterocycles. The molecule has 2 nitrogen and oxygen atoms in total. The lowest BCUT2D eigenvalue weighted by molar-refractivity contribution is 0.475. The zero-order chi connectivity index (χ0) is 9.97. The van der Waals surface area contributed by atoms with Gasteiger partial charge in [-0.05, 0) is 29.3 Å². The van der Waals surface area contributed by atoms with Gasteiger partial charge in [-0.2, -0.15) is 0 Å². The second kappa shape index (κ2) is 3.42. The molecule has 0 aliphatic rings. The van der Waals surface area contributed by atoms with Crippen LogP contribution in [0.3, 0.4) is 0 Å². The Morgan fingerprint density at radius 1 is 1.00 bits per heavy atom. The lowest BCUT2D eigenvalue weighted by Crippen LogP contribution is -1.85. The van der Waals surface area contributed by atoms with Gasteiger partial charge in [-0.1, -0.05) is 24.3 Å². The summed E-state index contributed by atoms with van der Waals surface area (Å²) in [6.45, 7) is 0. The molecule has 0 saturated heterocycles. The molecule has 2 heteroatoms. The van der Waals surface area contributed by atoms with E-state index in [1.807, 2.05) is 24.3 Å². The summed E-state index contributed by atoms with van der Waals surface area (Å²) < 4.78 is 0. The normalized spacial score (nSPS) is 10.0. The lowest BCUT2D eigenvalue weighted by atomic mass is 10.1. The first-order chi connectivity index (χ1) is 6.75. The molecule has 1 radical (unpaired) electrons. The zero-order valence-electron chi connectivity index (χ0n) is 7.57. The van der Waals surface area contributed by atoms with Crippen molar-refractivity contribution < 1.29 is 5.11 Å². The van der Waals surface area contributed by atoms with Crippen molar-refractivity contribution in [3.05, 3.63) is 48.5 Å². The Labute approximate surface area is 82.6 Å². The minimum atomic E-state index is 0.268. The number of rotatable bonds is 1. The molecule has 2 aromatic rings. The van der Waals surface area contributed by atoms with Crippen LogP contribution in [0.1, 0.15) is 0 Å².